The predicted molar refractivity (Wildman–Crippen MR) is 217 cm³/mol. The van der Waals surface area contributed by atoms with Crippen LogP contribution in [0, 0.1) is 32.0 Å². The normalized spacial score (nSPS) is 12.1. The Bertz CT molecular complexity index is 2470. The van der Waals surface area contributed by atoms with E-state index in [0.717, 1.165) is 45.0 Å². The quantitative estimate of drug-likeness (QED) is 0.162. The molecule has 5 aromatic carbocycles. The molecule has 3 nitrogen and oxygen atoms in total. The fourth-order valence-corrected chi connectivity index (χ4v) is 7.00. The maximum absolute atomic E-state index is 4.88. The van der Waals surface area contributed by atoms with E-state index < -0.39 is 0 Å². The molecule has 0 fully saturated rings. The SMILES string of the molecule is Cc1c[c-]c(-c2cccc(-c3[c-]cc(-c4ccc5c(c4)C(C)(C)c4cc(C)ccc4-5)cc3)n2)cc1.[Ir+3].[c-]1c(-c2ccccn2)cccc1-c1ccccn1. The first kappa shape index (κ1) is 36.6. The fraction of sp³-hybridized carbons (Fsp3) is 0.100. The van der Waals surface area contributed by atoms with Crippen LogP contribution < -0.4 is 0 Å². The number of hydrogen-bond donors (Lipinski definition) is 0. The second-order valence-corrected chi connectivity index (χ2v) is 14.0. The van der Waals surface area contributed by atoms with E-state index in [4.69, 9.17) is 4.98 Å². The minimum absolute atomic E-state index is 0. The van der Waals surface area contributed by atoms with Crippen LogP contribution in [0.2, 0.25) is 0 Å². The van der Waals surface area contributed by atoms with Crippen molar-refractivity contribution in [2.75, 3.05) is 0 Å². The van der Waals surface area contributed by atoms with Crippen LogP contribution in [0.15, 0.2) is 158 Å². The largest absolute Gasteiger partial charge is 3.00 e. The van der Waals surface area contributed by atoms with Crippen molar-refractivity contribution < 1.29 is 20.1 Å². The monoisotopic (exact) mass is 873 g/mol. The van der Waals surface area contributed by atoms with Gasteiger partial charge in [-0.3, -0.25) is 9.97 Å². The van der Waals surface area contributed by atoms with Crippen molar-refractivity contribution in [1.82, 2.24) is 15.0 Å². The molecule has 0 radical (unpaired) electrons. The number of benzene rings is 5. The molecule has 8 aromatic rings. The number of pyridine rings is 3. The van der Waals surface area contributed by atoms with Crippen LogP contribution in [0.3, 0.4) is 0 Å². The summed E-state index contributed by atoms with van der Waals surface area (Å²) in [6.07, 6.45) is 3.58. The first-order chi connectivity index (χ1) is 25.8. The van der Waals surface area contributed by atoms with Gasteiger partial charge in [-0.15, -0.1) is 89.5 Å². The van der Waals surface area contributed by atoms with Gasteiger partial charge in [0.05, 0.1) is 0 Å². The summed E-state index contributed by atoms with van der Waals surface area (Å²) in [7, 11) is 0. The minimum Gasteiger partial charge on any atom is -0.345 e. The van der Waals surface area contributed by atoms with E-state index in [1.807, 2.05) is 72.8 Å². The van der Waals surface area contributed by atoms with Crippen molar-refractivity contribution >= 4 is 0 Å². The molecule has 0 unspecified atom stereocenters. The Hall–Kier alpha value is -5.80. The third-order valence-corrected chi connectivity index (χ3v) is 9.92. The first-order valence-electron chi connectivity index (χ1n) is 17.9. The number of rotatable bonds is 5. The molecule has 4 heteroatoms. The van der Waals surface area contributed by atoms with Crippen molar-refractivity contribution in [1.29, 1.82) is 0 Å². The molecule has 1 aliphatic carbocycles. The van der Waals surface area contributed by atoms with E-state index in [1.54, 1.807) is 12.4 Å². The molecule has 1 aliphatic rings. The van der Waals surface area contributed by atoms with Gasteiger partial charge in [0, 0.05) is 29.2 Å². The van der Waals surface area contributed by atoms with E-state index in [0.29, 0.717) is 0 Å². The van der Waals surface area contributed by atoms with Crippen LogP contribution in [-0.2, 0) is 25.5 Å². The van der Waals surface area contributed by atoms with Crippen molar-refractivity contribution in [3.63, 3.8) is 0 Å². The molecular weight excluding hydrogens is 835 g/mol. The summed E-state index contributed by atoms with van der Waals surface area (Å²) in [6, 6.07) is 60.3. The molecule has 0 spiro atoms. The molecule has 0 bridgehead atoms. The van der Waals surface area contributed by atoms with Crippen LogP contribution in [0.25, 0.3) is 67.3 Å². The van der Waals surface area contributed by atoms with Gasteiger partial charge in [0.1, 0.15) is 0 Å². The molecule has 3 aromatic heterocycles. The minimum atomic E-state index is -0.00624. The van der Waals surface area contributed by atoms with Gasteiger partial charge in [0.15, 0.2) is 0 Å². The van der Waals surface area contributed by atoms with Crippen molar-refractivity contribution in [3.8, 4) is 67.3 Å². The van der Waals surface area contributed by atoms with Crippen LogP contribution in [0.1, 0.15) is 36.1 Å². The Morgan fingerprint density at radius 2 is 1.00 bits per heavy atom. The topological polar surface area (TPSA) is 38.7 Å². The zero-order valence-electron chi connectivity index (χ0n) is 30.7. The van der Waals surface area contributed by atoms with E-state index in [2.05, 4.69) is 129 Å². The van der Waals surface area contributed by atoms with Crippen LogP contribution in [0.5, 0.6) is 0 Å². The van der Waals surface area contributed by atoms with Gasteiger partial charge >= 0.3 is 20.1 Å². The van der Waals surface area contributed by atoms with Gasteiger partial charge in [0.2, 0.25) is 0 Å². The van der Waals surface area contributed by atoms with Crippen molar-refractivity contribution in [3.05, 3.63) is 198 Å². The van der Waals surface area contributed by atoms with Crippen LogP contribution in [-0.4, -0.2) is 15.0 Å². The van der Waals surface area contributed by atoms with Crippen LogP contribution in [0.4, 0.5) is 0 Å². The zero-order valence-corrected chi connectivity index (χ0v) is 33.1. The van der Waals surface area contributed by atoms with Gasteiger partial charge < -0.3 is 4.98 Å². The standard InChI is InChI=1S/C34H27N.C16H11N2.Ir/c1-22-8-11-25(12-9-22)32-6-5-7-33(35-32)26-15-13-24(14-16-26)27-17-19-29-28-18-10-23(2)20-30(28)34(3,4)31(29)21-27;1-3-10-17-15(8-1)13-6-5-7-14(12-13)16-9-2-4-11-18-16;/h5-11,13-15,17-21H,1-4H3;1-11H;/q-2;-1;+3. The predicted octanol–water partition coefficient (Wildman–Crippen LogP) is 12.2. The molecule has 0 saturated carbocycles. The molecule has 3 heterocycles. The number of fused-ring (bicyclic) bond motifs is 3. The van der Waals surface area contributed by atoms with Gasteiger partial charge in [-0.2, -0.15) is 0 Å². The van der Waals surface area contributed by atoms with E-state index in [9.17, 15) is 0 Å². The molecule has 0 amide bonds. The van der Waals surface area contributed by atoms with Gasteiger partial charge in [-0.1, -0.05) is 127 Å². The summed E-state index contributed by atoms with van der Waals surface area (Å²) in [6.45, 7) is 8.91. The van der Waals surface area contributed by atoms with Gasteiger partial charge in [-0.25, -0.2) is 0 Å². The van der Waals surface area contributed by atoms with Crippen LogP contribution >= 0.6 is 0 Å². The fourth-order valence-electron chi connectivity index (χ4n) is 7.00. The molecule has 54 heavy (non-hydrogen) atoms. The van der Waals surface area contributed by atoms with Gasteiger partial charge in [0.25, 0.3) is 0 Å². The summed E-state index contributed by atoms with van der Waals surface area (Å²) >= 11 is 0. The Balaban J connectivity index is 0.000000200. The molecule has 9 rings (SSSR count). The molecule has 262 valence electrons. The Labute approximate surface area is 332 Å². The Morgan fingerprint density at radius 3 is 1.57 bits per heavy atom. The van der Waals surface area contributed by atoms with E-state index >= 15 is 0 Å². The molecule has 0 saturated heterocycles. The maximum atomic E-state index is 4.88. The van der Waals surface area contributed by atoms with E-state index in [-0.39, 0.29) is 25.5 Å². The third-order valence-electron chi connectivity index (χ3n) is 9.92. The molecule has 0 aliphatic heterocycles. The smallest absolute Gasteiger partial charge is 0.345 e. The molecule has 0 N–H and O–H groups in total. The number of aryl methyl sites for hydroxylation is 2. The summed E-state index contributed by atoms with van der Waals surface area (Å²) in [4.78, 5) is 13.5. The molecule has 0 atom stereocenters. The average Bonchev–Trinajstić information content (AvgIpc) is 3.44. The summed E-state index contributed by atoms with van der Waals surface area (Å²) < 4.78 is 0. The number of hydrogen-bond acceptors (Lipinski definition) is 3. The average molecular weight is 873 g/mol. The van der Waals surface area contributed by atoms with Crippen molar-refractivity contribution in [2.24, 2.45) is 0 Å². The number of nitrogens with zero attached hydrogens (tertiary/aromatic N) is 3. The van der Waals surface area contributed by atoms with Crippen molar-refractivity contribution in [2.45, 2.75) is 33.1 Å². The Kier molecular flexibility index (Phi) is 10.6. The number of aromatic nitrogens is 3. The molecular formula is C50H38IrN3. The maximum Gasteiger partial charge on any atom is 3.00 e. The first-order valence-corrected chi connectivity index (χ1v) is 17.9. The summed E-state index contributed by atoms with van der Waals surface area (Å²) in [5.74, 6) is 0. The summed E-state index contributed by atoms with van der Waals surface area (Å²) in [5, 5.41) is 0. The zero-order chi connectivity index (χ0) is 36.4. The van der Waals surface area contributed by atoms with Gasteiger partial charge in [-0.05, 0) is 52.7 Å². The second-order valence-electron chi connectivity index (χ2n) is 14.0. The second kappa shape index (κ2) is 15.7. The van der Waals surface area contributed by atoms with E-state index in [1.165, 1.54) is 44.5 Å². The summed E-state index contributed by atoms with van der Waals surface area (Å²) in [5.41, 5.74) is 18.1. The Morgan fingerprint density at radius 1 is 0.463 bits per heavy atom. The third kappa shape index (κ3) is 7.50.